The first-order valence-corrected chi connectivity index (χ1v) is 6.18. The standard InChI is InChI=1S/C13H18ClNO/c1-10(16)11-6-7-15(8-11)9-12-4-2-3-5-13(12)14/h2-5,10-11,16H,6-9H2,1H3. The van der Waals surface area contributed by atoms with Gasteiger partial charge in [0, 0.05) is 18.1 Å². The van der Waals surface area contributed by atoms with Gasteiger partial charge >= 0.3 is 0 Å². The predicted molar refractivity (Wildman–Crippen MR) is 66.5 cm³/mol. The summed E-state index contributed by atoms with van der Waals surface area (Å²) in [6.07, 6.45) is 0.888. The van der Waals surface area contributed by atoms with E-state index in [1.165, 1.54) is 5.56 Å². The van der Waals surface area contributed by atoms with Crippen molar-refractivity contribution in [3.63, 3.8) is 0 Å². The summed E-state index contributed by atoms with van der Waals surface area (Å²) in [5, 5.41) is 10.4. The molecule has 1 fully saturated rings. The van der Waals surface area contributed by atoms with Gasteiger partial charge in [-0.05, 0) is 37.4 Å². The van der Waals surface area contributed by atoms with Crippen LogP contribution in [0.5, 0.6) is 0 Å². The maximum Gasteiger partial charge on any atom is 0.0552 e. The van der Waals surface area contributed by atoms with Crippen LogP contribution in [0.3, 0.4) is 0 Å². The van der Waals surface area contributed by atoms with Gasteiger partial charge in [0.1, 0.15) is 0 Å². The van der Waals surface area contributed by atoms with E-state index in [-0.39, 0.29) is 6.10 Å². The van der Waals surface area contributed by atoms with Gasteiger partial charge in [-0.2, -0.15) is 0 Å². The highest BCUT2D eigenvalue weighted by atomic mass is 35.5. The Kier molecular flexibility index (Phi) is 3.85. The molecule has 0 aromatic heterocycles. The topological polar surface area (TPSA) is 23.5 Å². The van der Waals surface area contributed by atoms with E-state index in [2.05, 4.69) is 11.0 Å². The molecule has 1 aromatic rings. The lowest BCUT2D eigenvalue weighted by Gasteiger charge is -2.17. The van der Waals surface area contributed by atoms with Crippen LogP contribution in [0.25, 0.3) is 0 Å². The molecular weight excluding hydrogens is 222 g/mol. The quantitative estimate of drug-likeness (QED) is 0.877. The summed E-state index contributed by atoms with van der Waals surface area (Å²) in [6, 6.07) is 7.97. The lowest BCUT2D eigenvalue weighted by Crippen LogP contribution is -2.24. The van der Waals surface area contributed by atoms with Crippen LogP contribution >= 0.6 is 11.6 Å². The Hall–Kier alpha value is -0.570. The minimum absolute atomic E-state index is 0.198. The second-order valence-corrected chi connectivity index (χ2v) is 5.02. The van der Waals surface area contributed by atoms with Crippen molar-refractivity contribution in [3.8, 4) is 0 Å². The van der Waals surface area contributed by atoms with Crippen molar-refractivity contribution in [3.05, 3.63) is 34.9 Å². The summed E-state index contributed by atoms with van der Waals surface area (Å²) < 4.78 is 0. The highest BCUT2D eigenvalue weighted by molar-refractivity contribution is 6.31. The molecule has 1 aliphatic rings. The van der Waals surface area contributed by atoms with Crippen LogP contribution < -0.4 is 0 Å². The first-order valence-electron chi connectivity index (χ1n) is 5.80. The number of hydrogen-bond acceptors (Lipinski definition) is 2. The first-order chi connectivity index (χ1) is 7.66. The smallest absolute Gasteiger partial charge is 0.0552 e. The van der Waals surface area contributed by atoms with Crippen molar-refractivity contribution in [1.29, 1.82) is 0 Å². The van der Waals surface area contributed by atoms with Gasteiger partial charge in [-0.15, -0.1) is 0 Å². The van der Waals surface area contributed by atoms with E-state index in [1.54, 1.807) is 0 Å². The molecule has 0 spiro atoms. The maximum absolute atomic E-state index is 9.54. The molecule has 2 atom stereocenters. The molecule has 1 N–H and O–H groups in total. The molecule has 1 aromatic carbocycles. The van der Waals surface area contributed by atoms with Crippen LogP contribution in [-0.4, -0.2) is 29.2 Å². The second kappa shape index (κ2) is 5.17. The zero-order valence-corrected chi connectivity index (χ0v) is 10.3. The van der Waals surface area contributed by atoms with Gasteiger partial charge in [0.25, 0.3) is 0 Å². The zero-order valence-electron chi connectivity index (χ0n) is 9.56. The third-order valence-corrected chi connectivity index (χ3v) is 3.71. The molecular formula is C13H18ClNO. The van der Waals surface area contributed by atoms with Gasteiger partial charge in [0.2, 0.25) is 0 Å². The van der Waals surface area contributed by atoms with Gasteiger partial charge in [-0.3, -0.25) is 4.90 Å². The molecule has 1 saturated heterocycles. The summed E-state index contributed by atoms with van der Waals surface area (Å²) in [7, 11) is 0. The minimum Gasteiger partial charge on any atom is -0.393 e. The zero-order chi connectivity index (χ0) is 11.5. The molecule has 0 saturated carbocycles. The molecule has 2 unspecified atom stereocenters. The van der Waals surface area contributed by atoms with Gasteiger partial charge in [-0.1, -0.05) is 29.8 Å². The van der Waals surface area contributed by atoms with Crippen LogP contribution in [0.4, 0.5) is 0 Å². The fourth-order valence-corrected chi connectivity index (χ4v) is 2.46. The van der Waals surface area contributed by atoms with E-state index in [4.69, 9.17) is 11.6 Å². The average molecular weight is 240 g/mol. The lowest BCUT2D eigenvalue weighted by atomic mass is 10.0. The van der Waals surface area contributed by atoms with E-state index < -0.39 is 0 Å². The number of aliphatic hydroxyl groups excluding tert-OH is 1. The summed E-state index contributed by atoms with van der Waals surface area (Å²) in [6.45, 7) is 4.80. The van der Waals surface area contributed by atoms with Crippen molar-refractivity contribution in [1.82, 2.24) is 4.90 Å². The molecule has 1 heterocycles. The fourth-order valence-electron chi connectivity index (χ4n) is 2.27. The number of halogens is 1. The Morgan fingerprint density at radius 1 is 1.50 bits per heavy atom. The molecule has 88 valence electrons. The summed E-state index contributed by atoms with van der Waals surface area (Å²) >= 11 is 6.13. The Morgan fingerprint density at radius 2 is 2.25 bits per heavy atom. The van der Waals surface area contributed by atoms with E-state index >= 15 is 0 Å². The number of nitrogens with zero attached hydrogens (tertiary/aromatic N) is 1. The third kappa shape index (κ3) is 2.76. The van der Waals surface area contributed by atoms with Gasteiger partial charge in [0.15, 0.2) is 0 Å². The van der Waals surface area contributed by atoms with Crippen LogP contribution in [0.15, 0.2) is 24.3 Å². The number of hydrogen-bond donors (Lipinski definition) is 1. The normalized spacial score (nSPS) is 23.6. The number of aliphatic hydroxyl groups is 1. The maximum atomic E-state index is 9.54. The first kappa shape index (κ1) is 11.9. The number of rotatable bonds is 3. The molecule has 3 heteroatoms. The molecule has 0 bridgehead atoms. The SMILES string of the molecule is CC(O)C1CCN(Cc2ccccc2Cl)C1. The molecule has 0 radical (unpaired) electrons. The van der Waals surface area contributed by atoms with Crippen LogP contribution in [0.1, 0.15) is 18.9 Å². The Bertz CT molecular complexity index is 354. The summed E-state index contributed by atoms with van der Waals surface area (Å²) in [4.78, 5) is 2.36. The highest BCUT2D eigenvalue weighted by Gasteiger charge is 2.25. The van der Waals surface area contributed by atoms with Crippen LogP contribution in [-0.2, 0) is 6.54 Å². The molecule has 0 aliphatic carbocycles. The largest absolute Gasteiger partial charge is 0.393 e. The van der Waals surface area contributed by atoms with Crippen molar-refractivity contribution >= 4 is 11.6 Å². The van der Waals surface area contributed by atoms with Crippen molar-refractivity contribution < 1.29 is 5.11 Å². The molecule has 0 amide bonds. The van der Waals surface area contributed by atoms with Crippen molar-refractivity contribution in [2.24, 2.45) is 5.92 Å². The second-order valence-electron chi connectivity index (χ2n) is 4.62. The third-order valence-electron chi connectivity index (χ3n) is 3.34. The molecule has 16 heavy (non-hydrogen) atoms. The van der Waals surface area contributed by atoms with Crippen molar-refractivity contribution in [2.75, 3.05) is 13.1 Å². The summed E-state index contributed by atoms with van der Waals surface area (Å²) in [5.41, 5.74) is 1.18. The predicted octanol–water partition coefficient (Wildman–Crippen LogP) is 2.54. The van der Waals surface area contributed by atoms with Crippen LogP contribution in [0, 0.1) is 5.92 Å². The van der Waals surface area contributed by atoms with E-state index in [1.807, 2.05) is 25.1 Å². The van der Waals surface area contributed by atoms with E-state index in [0.29, 0.717) is 5.92 Å². The van der Waals surface area contributed by atoms with Crippen molar-refractivity contribution in [2.45, 2.75) is 26.0 Å². The fraction of sp³-hybridized carbons (Fsp3) is 0.538. The molecule has 2 rings (SSSR count). The van der Waals surface area contributed by atoms with Gasteiger partial charge < -0.3 is 5.11 Å². The Labute approximate surface area is 102 Å². The molecule has 2 nitrogen and oxygen atoms in total. The summed E-state index contributed by atoms with van der Waals surface area (Å²) in [5.74, 6) is 0.419. The lowest BCUT2D eigenvalue weighted by molar-refractivity contribution is 0.127. The van der Waals surface area contributed by atoms with Gasteiger partial charge in [0.05, 0.1) is 6.10 Å². The van der Waals surface area contributed by atoms with Gasteiger partial charge in [-0.25, -0.2) is 0 Å². The Balaban J connectivity index is 1.95. The minimum atomic E-state index is -0.198. The highest BCUT2D eigenvalue weighted by Crippen LogP contribution is 2.23. The number of likely N-dealkylation sites (tertiary alicyclic amines) is 1. The number of benzene rings is 1. The monoisotopic (exact) mass is 239 g/mol. The van der Waals surface area contributed by atoms with Crippen LogP contribution in [0.2, 0.25) is 5.02 Å². The average Bonchev–Trinajstić information content (AvgIpc) is 2.70. The van der Waals surface area contributed by atoms with E-state index in [0.717, 1.165) is 31.1 Å². The Morgan fingerprint density at radius 3 is 2.88 bits per heavy atom. The van der Waals surface area contributed by atoms with E-state index in [9.17, 15) is 5.11 Å². The molecule has 1 aliphatic heterocycles.